The van der Waals surface area contributed by atoms with Crippen LogP contribution < -0.4 is 10.6 Å². The molecule has 0 saturated carbocycles. The zero-order valence-corrected chi connectivity index (χ0v) is 8.39. The van der Waals surface area contributed by atoms with Gasteiger partial charge in [0.05, 0.1) is 0 Å². The van der Waals surface area contributed by atoms with E-state index in [4.69, 9.17) is 0 Å². The number of amides is 1. The standard InChI is InChI=1S/C10H18N2O/c1-7(2)4-12-10(13)8(3)9-5-11-6-9/h8-9,11H,1,4-6H2,2-3H3,(H,12,13). The van der Waals surface area contributed by atoms with Crippen molar-refractivity contribution in [3.05, 3.63) is 12.2 Å². The summed E-state index contributed by atoms with van der Waals surface area (Å²) in [6, 6.07) is 0. The Morgan fingerprint density at radius 1 is 1.69 bits per heavy atom. The molecular weight excluding hydrogens is 164 g/mol. The topological polar surface area (TPSA) is 41.1 Å². The maximum atomic E-state index is 11.5. The fraction of sp³-hybridized carbons (Fsp3) is 0.700. The van der Waals surface area contributed by atoms with E-state index < -0.39 is 0 Å². The third-order valence-electron chi connectivity index (χ3n) is 2.50. The maximum Gasteiger partial charge on any atom is 0.223 e. The molecule has 3 nitrogen and oxygen atoms in total. The van der Waals surface area contributed by atoms with Crippen LogP contribution >= 0.6 is 0 Å². The summed E-state index contributed by atoms with van der Waals surface area (Å²) in [7, 11) is 0. The van der Waals surface area contributed by atoms with Crippen molar-refractivity contribution < 1.29 is 4.79 Å². The molecule has 1 atom stereocenters. The molecule has 0 bridgehead atoms. The lowest BCUT2D eigenvalue weighted by atomic mass is 9.88. The monoisotopic (exact) mass is 182 g/mol. The number of rotatable bonds is 4. The molecule has 0 aromatic carbocycles. The van der Waals surface area contributed by atoms with Gasteiger partial charge in [-0.15, -0.1) is 0 Å². The molecular formula is C10H18N2O. The molecule has 0 aromatic heterocycles. The van der Waals surface area contributed by atoms with Crippen LogP contribution in [0.1, 0.15) is 13.8 Å². The molecule has 1 saturated heterocycles. The molecule has 1 unspecified atom stereocenters. The van der Waals surface area contributed by atoms with Crippen molar-refractivity contribution in [3.8, 4) is 0 Å². The molecule has 3 heteroatoms. The van der Waals surface area contributed by atoms with E-state index in [9.17, 15) is 4.79 Å². The quantitative estimate of drug-likeness (QED) is 0.623. The van der Waals surface area contributed by atoms with Crippen LogP contribution in [0.5, 0.6) is 0 Å². The molecule has 0 aliphatic carbocycles. The summed E-state index contributed by atoms with van der Waals surface area (Å²) in [5.74, 6) is 0.792. The third kappa shape index (κ3) is 2.84. The van der Waals surface area contributed by atoms with Crippen molar-refractivity contribution in [1.82, 2.24) is 10.6 Å². The van der Waals surface area contributed by atoms with Gasteiger partial charge in [0.1, 0.15) is 0 Å². The van der Waals surface area contributed by atoms with Gasteiger partial charge in [-0.2, -0.15) is 0 Å². The highest BCUT2D eigenvalue weighted by Gasteiger charge is 2.28. The smallest absolute Gasteiger partial charge is 0.223 e. The van der Waals surface area contributed by atoms with E-state index in [1.165, 1.54) is 0 Å². The Balaban J connectivity index is 2.25. The van der Waals surface area contributed by atoms with Crippen LogP contribution in [0.4, 0.5) is 0 Å². The number of carbonyl (C=O) groups is 1. The number of carbonyl (C=O) groups excluding carboxylic acids is 1. The van der Waals surface area contributed by atoms with Crippen molar-refractivity contribution in [2.45, 2.75) is 13.8 Å². The zero-order chi connectivity index (χ0) is 9.84. The Bertz CT molecular complexity index is 209. The SMILES string of the molecule is C=C(C)CNC(=O)C(C)C1CNC1. The Hall–Kier alpha value is -0.830. The summed E-state index contributed by atoms with van der Waals surface area (Å²) in [6.07, 6.45) is 0. The van der Waals surface area contributed by atoms with Crippen LogP contribution in [0.3, 0.4) is 0 Å². The molecule has 1 rings (SSSR count). The van der Waals surface area contributed by atoms with E-state index in [-0.39, 0.29) is 11.8 Å². The van der Waals surface area contributed by atoms with Crippen LogP contribution in [-0.2, 0) is 4.79 Å². The summed E-state index contributed by atoms with van der Waals surface area (Å²) in [5, 5.41) is 6.03. The van der Waals surface area contributed by atoms with Crippen molar-refractivity contribution in [1.29, 1.82) is 0 Å². The molecule has 13 heavy (non-hydrogen) atoms. The van der Waals surface area contributed by atoms with Gasteiger partial charge in [0, 0.05) is 12.5 Å². The Morgan fingerprint density at radius 2 is 2.31 bits per heavy atom. The van der Waals surface area contributed by atoms with Gasteiger partial charge in [-0.3, -0.25) is 4.79 Å². The van der Waals surface area contributed by atoms with Gasteiger partial charge in [-0.1, -0.05) is 19.1 Å². The molecule has 1 amide bonds. The predicted molar refractivity (Wildman–Crippen MR) is 53.3 cm³/mol. The second-order valence-corrected chi connectivity index (χ2v) is 3.88. The van der Waals surface area contributed by atoms with Gasteiger partial charge in [0.15, 0.2) is 0 Å². The molecule has 1 aliphatic rings. The summed E-state index contributed by atoms with van der Waals surface area (Å²) < 4.78 is 0. The highest BCUT2D eigenvalue weighted by atomic mass is 16.1. The lowest BCUT2D eigenvalue weighted by Gasteiger charge is -2.31. The van der Waals surface area contributed by atoms with Crippen molar-refractivity contribution in [2.75, 3.05) is 19.6 Å². The van der Waals surface area contributed by atoms with E-state index >= 15 is 0 Å². The van der Waals surface area contributed by atoms with Gasteiger partial charge in [-0.25, -0.2) is 0 Å². The summed E-state index contributed by atoms with van der Waals surface area (Å²) >= 11 is 0. The first-order valence-corrected chi connectivity index (χ1v) is 4.74. The van der Waals surface area contributed by atoms with E-state index in [0.717, 1.165) is 18.7 Å². The summed E-state index contributed by atoms with van der Waals surface area (Å²) in [4.78, 5) is 11.5. The van der Waals surface area contributed by atoms with Crippen molar-refractivity contribution >= 4 is 5.91 Å². The molecule has 1 fully saturated rings. The Morgan fingerprint density at radius 3 is 2.69 bits per heavy atom. The second kappa shape index (κ2) is 4.42. The summed E-state index contributed by atoms with van der Waals surface area (Å²) in [5.41, 5.74) is 0.993. The van der Waals surface area contributed by atoms with Crippen molar-refractivity contribution in [3.63, 3.8) is 0 Å². The minimum absolute atomic E-state index is 0.126. The number of hydrogen-bond donors (Lipinski definition) is 2. The first-order valence-electron chi connectivity index (χ1n) is 4.74. The summed E-state index contributed by atoms with van der Waals surface area (Å²) in [6.45, 7) is 10.2. The average Bonchev–Trinajstić information content (AvgIpc) is 1.96. The van der Waals surface area contributed by atoms with Gasteiger partial charge >= 0.3 is 0 Å². The maximum absolute atomic E-state index is 11.5. The first-order chi connectivity index (χ1) is 6.11. The first kappa shape index (κ1) is 10.3. The largest absolute Gasteiger partial charge is 0.352 e. The van der Waals surface area contributed by atoms with Gasteiger partial charge in [0.2, 0.25) is 5.91 Å². The lowest BCUT2D eigenvalue weighted by Crippen LogP contribution is -2.49. The molecule has 0 spiro atoms. The Labute approximate surface area is 79.6 Å². The number of hydrogen-bond acceptors (Lipinski definition) is 2. The molecule has 1 aliphatic heterocycles. The molecule has 2 N–H and O–H groups in total. The van der Waals surface area contributed by atoms with Crippen molar-refractivity contribution in [2.24, 2.45) is 11.8 Å². The van der Waals surface area contributed by atoms with Gasteiger partial charge < -0.3 is 10.6 Å². The second-order valence-electron chi connectivity index (χ2n) is 3.88. The van der Waals surface area contributed by atoms with Crippen LogP contribution in [0, 0.1) is 11.8 Å². The minimum Gasteiger partial charge on any atom is -0.352 e. The molecule has 0 aromatic rings. The Kier molecular flexibility index (Phi) is 3.48. The molecule has 1 heterocycles. The highest BCUT2D eigenvalue weighted by molar-refractivity contribution is 5.78. The predicted octanol–water partition coefficient (Wildman–Crippen LogP) is 0.534. The minimum atomic E-state index is 0.126. The zero-order valence-electron chi connectivity index (χ0n) is 8.39. The van der Waals surface area contributed by atoms with E-state index in [1.807, 2.05) is 13.8 Å². The normalized spacial score (nSPS) is 18.9. The fourth-order valence-electron chi connectivity index (χ4n) is 1.28. The average molecular weight is 182 g/mol. The molecule has 0 radical (unpaired) electrons. The van der Waals surface area contributed by atoms with E-state index in [2.05, 4.69) is 17.2 Å². The van der Waals surface area contributed by atoms with E-state index in [1.54, 1.807) is 0 Å². The van der Waals surface area contributed by atoms with Crippen LogP contribution in [-0.4, -0.2) is 25.5 Å². The fourth-order valence-corrected chi connectivity index (χ4v) is 1.28. The van der Waals surface area contributed by atoms with Gasteiger partial charge in [0.25, 0.3) is 0 Å². The van der Waals surface area contributed by atoms with Crippen LogP contribution in [0.25, 0.3) is 0 Å². The highest BCUT2D eigenvalue weighted by Crippen LogP contribution is 2.15. The lowest BCUT2D eigenvalue weighted by molar-refractivity contribution is -0.126. The van der Waals surface area contributed by atoms with Crippen LogP contribution in [0.2, 0.25) is 0 Å². The van der Waals surface area contributed by atoms with Crippen LogP contribution in [0.15, 0.2) is 12.2 Å². The molecule has 74 valence electrons. The number of nitrogens with one attached hydrogen (secondary N) is 2. The third-order valence-corrected chi connectivity index (χ3v) is 2.50. The van der Waals surface area contributed by atoms with E-state index in [0.29, 0.717) is 12.5 Å². The van der Waals surface area contributed by atoms with Gasteiger partial charge in [-0.05, 0) is 25.9 Å².